The minimum atomic E-state index is -0.930. The first-order chi connectivity index (χ1) is 9.11. The van der Waals surface area contributed by atoms with Crippen LogP contribution in [0.15, 0.2) is 48.5 Å². The Labute approximate surface area is 111 Å². The summed E-state index contributed by atoms with van der Waals surface area (Å²) in [5.74, 6) is -0.167. The topological polar surface area (TPSA) is 49.8 Å². The van der Waals surface area contributed by atoms with E-state index in [1.54, 1.807) is 25.3 Å². The third-order valence-electron chi connectivity index (χ3n) is 2.92. The summed E-state index contributed by atoms with van der Waals surface area (Å²) in [6, 6.07) is 14.4. The van der Waals surface area contributed by atoms with Gasteiger partial charge in [0.25, 0.3) is 0 Å². The highest BCUT2D eigenvalue weighted by Gasteiger charge is 2.08. The summed E-state index contributed by atoms with van der Waals surface area (Å²) in [5, 5.41) is 9.01. The molecule has 0 amide bonds. The third kappa shape index (κ3) is 2.85. The largest absolute Gasteiger partial charge is 0.497 e. The fourth-order valence-electron chi connectivity index (χ4n) is 1.82. The van der Waals surface area contributed by atoms with E-state index in [0.29, 0.717) is 0 Å². The van der Waals surface area contributed by atoms with Crippen LogP contribution in [-0.4, -0.2) is 25.2 Å². The Morgan fingerprint density at radius 1 is 1.11 bits per heavy atom. The van der Waals surface area contributed by atoms with Crippen molar-refractivity contribution in [2.45, 2.75) is 0 Å². The highest BCUT2D eigenvalue weighted by atomic mass is 16.5. The van der Waals surface area contributed by atoms with Gasteiger partial charge in [-0.1, -0.05) is 12.1 Å². The first kappa shape index (κ1) is 13.0. The fourth-order valence-corrected chi connectivity index (χ4v) is 1.82. The van der Waals surface area contributed by atoms with Crippen molar-refractivity contribution in [2.75, 3.05) is 19.1 Å². The summed E-state index contributed by atoms with van der Waals surface area (Å²) in [5.41, 5.74) is 2.02. The standard InChI is InChI=1S/C15H15NO3/c1-16(13-7-4-8-14(10-13)19-2)12-6-3-5-11(9-12)15(17)18/h3-10H,1-2H3,(H,17,18). The predicted molar refractivity (Wildman–Crippen MR) is 74.5 cm³/mol. The van der Waals surface area contributed by atoms with Crippen LogP contribution < -0.4 is 9.64 Å². The van der Waals surface area contributed by atoms with Gasteiger partial charge in [-0.15, -0.1) is 0 Å². The predicted octanol–water partition coefficient (Wildman–Crippen LogP) is 3.16. The minimum absolute atomic E-state index is 0.271. The molecular formula is C15H15NO3. The second kappa shape index (κ2) is 5.44. The molecule has 0 heterocycles. The number of hydrogen-bond donors (Lipinski definition) is 1. The van der Waals surface area contributed by atoms with Crippen LogP contribution in [0, 0.1) is 0 Å². The number of hydrogen-bond acceptors (Lipinski definition) is 3. The highest BCUT2D eigenvalue weighted by Crippen LogP contribution is 2.27. The molecule has 98 valence electrons. The number of aromatic carboxylic acids is 1. The number of nitrogens with zero attached hydrogens (tertiary/aromatic N) is 1. The highest BCUT2D eigenvalue weighted by molar-refractivity contribution is 5.89. The Morgan fingerprint density at radius 3 is 2.37 bits per heavy atom. The maximum Gasteiger partial charge on any atom is 0.335 e. The lowest BCUT2D eigenvalue weighted by atomic mass is 10.2. The molecule has 0 saturated carbocycles. The van der Waals surface area contributed by atoms with Gasteiger partial charge in [0.15, 0.2) is 0 Å². The molecule has 0 bridgehead atoms. The van der Waals surface area contributed by atoms with Gasteiger partial charge < -0.3 is 14.7 Å². The molecule has 0 aliphatic carbocycles. The first-order valence-corrected chi connectivity index (χ1v) is 5.83. The summed E-state index contributed by atoms with van der Waals surface area (Å²) in [7, 11) is 3.50. The van der Waals surface area contributed by atoms with Gasteiger partial charge in [-0.2, -0.15) is 0 Å². The van der Waals surface area contributed by atoms with Crippen LogP contribution >= 0.6 is 0 Å². The average Bonchev–Trinajstić information content (AvgIpc) is 2.46. The Bertz CT molecular complexity index is 595. The molecule has 0 aromatic heterocycles. The van der Waals surface area contributed by atoms with Crippen molar-refractivity contribution >= 4 is 17.3 Å². The molecule has 0 spiro atoms. The lowest BCUT2D eigenvalue weighted by Gasteiger charge is -2.20. The normalized spacial score (nSPS) is 10.0. The van der Waals surface area contributed by atoms with Crippen molar-refractivity contribution in [1.29, 1.82) is 0 Å². The maximum atomic E-state index is 11.0. The van der Waals surface area contributed by atoms with Crippen molar-refractivity contribution in [3.05, 3.63) is 54.1 Å². The van der Waals surface area contributed by atoms with Crippen LogP contribution in [0.5, 0.6) is 5.75 Å². The molecule has 0 radical (unpaired) electrons. The molecule has 2 aromatic rings. The Hall–Kier alpha value is -2.49. The van der Waals surface area contributed by atoms with Gasteiger partial charge in [-0.25, -0.2) is 4.79 Å². The van der Waals surface area contributed by atoms with Crippen LogP contribution in [0.25, 0.3) is 0 Å². The molecule has 0 fully saturated rings. The molecular weight excluding hydrogens is 242 g/mol. The second-order valence-corrected chi connectivity index (χ2v) is 4.12. The van der Waals surface area contributed by atoms with E-state index < -0.39 is 5.97 Å². The number of rotatable bonds is 4. The van der Waals surface area contributed by atoms with Gasteiger partial charge in [0.1, 0.15) is 5.75 Å². The third-order valence-corrected chi connectivity index (χ3v) is 2.92. The zero-order valence-electron chi connectivity index (χ0n) is 10.8. The Morgan fingerprint density at radius 2 is 1.74 bits per heavy atom. The molecule has 1 N–H and O–H groups in total. The minimum Gasteiger partial charge on any atom is -0.497 e. The second-order valence-electron chi connectivity index (χ2n) is 4.12. The van der Waals surface area contributed by atoms with Gasteiger partial charge in [-0.3, -0.25) is 0 Å². The van der Waals surface area contributed by atoms with E-state index in [-0.39, 0.29) is 5.56 Å². The summed E-state index contributed by atoms with van der Waals surface area (Å²) >= 11 is 0. The number of carbonyl (C=O) groups is 1. The van der Waals surface area contributed by atoms with E-state index in [1.165, 1.54) is 0 Å². The van der Waals surface area contributed by atoms with Crippen molar-refractivity contribution in [1.82, 2.24) is 0 Å². The number of ether oxygens (including phenoxy) is 1. The molecule has 4 heteroatoms. The van der Waals surface area contributed by atoms with Gasteiger partial charge in [0.05, 0.1) is 12.7 Å². The van der Waals surface area contributed by atoms with Gasteiger partial charge in [-0.05, 0) is 30.3 Å². The fraction of sp³-hybridized carbons (Fsp3) is 0.133. The van der Waals surface area contributed by atoms with E-state index in [1.807, 2.05) is 42.3 Å². The number of anilines is 2. The van der Waals surface area contributed by atoms with Crippen LogP contribution in [0.3, 0.4) is 0 Å². The summed E-state index contributed by atoms with van der Waals surface area (Å²) in [4.78, 5) is 12.9. The van der Waals surface area contributed by atoms with Gasteiger partial charge in [0, 0.05) is 24.5 Å². The molecule has 2 aromatic carbocycles. The molecule has 0 aliphatic heterocycles. The zero-order valence-corrected chi connectivity index (χ0v) is 10.8. The lowest BCUT2D eigenvalue weighted by molar-refractivity contribution is 0.0697. The van der Waals surface area contributed by atoms with Crippen molar-refractivity contribution < 1.29 is 14.6 Å². The van der Waals surface area contributed by atoms with E-state index in [2.05, 4.69) is 0 Å². The molecule has 0 atom stereocenters. The van der Waals surface area contributed by atoms with Crippen molar-refractivity contribution in [3.63, 3.8) is 0 Å². The summed E-state index contributed by atoms with van der Waals surface area (Å²) in [6.07, 6.45) is 0. The molecule has 0 aliphatic rings. The zero-order chi connectivity index (χ0) is 13.8. The smallest absolute Gasteiger partial charge is 0.335 e. The number of methoxy groups -OCH3 is 1. The number of carboxylic acids is 1. The molecule has 4 nitrogen and oxygen atoms in total. The summed E-state index contributed by atoms with van der Waals surface area (Å²) < 4.78 is 5.18. The quantitative estimate of drug-likeness (QED) is 0.914. The Balaban J connectivity index is 2.35. The average molecular weight is 257 g/mol. The van der Waals surface area contributed by atoms with Crippen LogP contribution in [0.4, 0.5) is 11.4 Å². The van der Waals surface area contributed by atoms with Crippen LogP contribution in [-0.2, 0) is 0 Å². The van der Waals surface area contributed by atoms with Crippen molar-refractivity contribution in [3.8, 4) is 5.75 Å². The molecule has 0 saturated heterocycles. The lowest BCUT2D eigenvalue weighted by Crippen LogP contribution is -2.10. The van der Waals surface area contributed by atoms with E-state index in [9.17, 15) is 4.79 Å². The summed E-state index contributed by atoms with van der Waals surface area (Å²) in [6.45, 7) is 0. The van der Waals surface area contributed by atoms with E-state index >= 15 is 0 Å². The van der Waals surface area contributed by atoms with Gasteiger partial charge >= 0.3 is 5.97 Å². The number of benzene rings is 2. The molecule has 19 heavy (non-hydrogen) atoms. The molecule has 0 unspecified atom stereocenters. The first-order valence-electron chi connectivity index (χ1n) is 5.83. The van der Waals surface area contributed by atoms with E-state index in [0.717, 1.165) is 17.1 Å². The monoisotopic (exact) mass is 257 g/mol. The van der Waals surface area contributed by atoms with Crippen molar-refractivity contribution in [2.24, 2.45) is 0 Å². The van der Waals surface area contributed by atoms with Gasteiger partial charge in [0.2, 0.25) is 0 Å². The molecule has 2 rings (SSSR count). The van der Waals surface area contributed by atoms with Crippen LogP contribution in [0.2, 0.25) is 0 Å². The maximum absolute atomic E-state index is 11.0. The van der Waals surface area contributed by atoms with E-state index in [4.69, 9.17) is 9.84 Å². The van der Waals surface area contributed by atoms with Crippen LogP contribution in [0.1, 0.15) is 10.4 Å². The number of carboxylic acid groups (broad SMARTS) is 1. The SMILES string of the molecule is COc1cccc(N(C)c2cccc(C(=O)O)c2)c1. The Kier molecular flexibility index (Phi) is 3.71.